The summed E-state index contributed by atoms with van der Waals surface area (Å²) in [5.41, 5.74) is 4.56. The quantitative estimate of drug-likeness (QED) is 0.0902. The van der Waals surface area contributed by atoms with Gasteiger partial charge in [0.1, 0.15) is 0 Å². The zero-order valence-corrected chi connectivity index (χ0v) is 75.2. The molecule has 12 heteroatoms. The van der Waals surface area contributed by atoms with Crippen molar-refractivity contribution in [2.75, 3.05) is 12.4 Å². The van der Waals surface area contributed by atoms with E-state index in [2.05, 4.69) is 122 Å². The number of ether oxygens (including phenoxy) is 1. The number of sulfone groups is 2. The van der Waals surface area contributed by atoms with Crippen LogP contribution in [0.2, 0.25) is 0 Å². The molecule has 116 heavy (non-hydrogen) atoms. The molecule has 0 bridgehead atoms. The average Bonchev–Trinajstić information content (AvgIpc) is 1.29. The summed E-state index contributed by atoms with van der Waals surface area (Å²) in [5.74, 6) is 9.26. The minimum atomic E-state index is -3.61. The van der Waals surface area contributed by atoms with Crippen molar-refractivity contribution in [1.29, 1.82) is 0 Å². The fraction of sp³-hybridized carbons (Fsp3) is 0.827. The Kier molecular flexibility index (Phi) is 31.3. The fourth-order valence-corrected chi connectivity index (χ4v) is 32.1. The van der Waals surface area contributed by atoms with Crippen LogP contribution in [-0.4, -0.2) is 95.1 Å². The Morgan fingerprint density at radius 3 is 1.09 bits per heavy atom. The molecular weight excluding hydrogens is 1470 g/mol. The van der Waals surface area contributed by atoms with Gasteiger partial charge in [-0.2, -0.15) is 0 Å². The lowest BCUT2D eigenvalue weighted by molar-refractivity contribution is -0.0712. The van der Waals surface area contributed by atoms with Gasteiger partial charge in [0.05, 0.1) is 62.5 Å². The maximum absolute atomic E-state index is 14.2. The van der Waals surface area contributed by atoms with E-state index in [1.54, 1.807) is 42.0 Å². The van der Waals surface area contributed by atoms with Gasteiger partial charge in [-0.15, -0.1) is 0 Å². The van der Waals surface area contributed by atoms with Crippen LogP contribution in [0, 0.1) is 138 Å². The summed E-state index contributed by atoms with van der Waals surface area (Å²) in [6, 6.07) is 17.9. The lowest BCUT2D eigenvalue weighted by Gasteiger charge is -2.59. The maximum atomic E-state index is 14.2. The van der Waals surface area contributed by atoms with Gasteiger partial charge in [0.25, 0.3) is 0 Å². The molecule has 10 fully saturated rings. The predicted molar refractivity (Wildman–Crippen MR) is 488 cm³/mol. The number of hydrogen-bond donors (Lipinski definition) is 5. The van der Waals surface area contributed by atoms with Crippen molar-refractivity contribution in [1.82, 2.24) is 0 Å². The molecule has 4 unspecified atom stereocenters. The minimum Gasteiger partial charge on any atom is -0.393 e. The number of allylic oxidation sites excluding steroid dienone is 3. The first-order valence-electron chi connectivity index (χ1n) is 45.2. The highest BCUT2D eigenvalue weighted by Gasteiger charge is 2.64. The van der Waals surface area contributed by atoms with Gasteiger partial charge >= 0.3 is 0 Å². The van der Waals surface area contributed by atoms with Crippen LogP contribution in [0.25, 0.3) is 0 Å². The minimum absolute atomic E-state index is 0. The maximum Gasteiger partial charge on any atom is 0.181 e. The van der Waals surface area contributed by atoms with Crippen LogP contribution in [0.3, 0.4) is 0 Å². The van der Waals surface area contributed by atoms with Crippen molar-refractivity contribution in [3.8, 4) is 0 Å². The van der Waals surface area contributed by atoms with Gasteiger partial charge in [0, 0.05) is 0 Å². The van der Waals surface area contributed by atoms with Crippen LogP contribution in [0.15, 0.2) is 105 Å². The van der Waals surface area contributed by atoms with Crippen molar-refractivity contribution < 1.29 is 47.1 Å². The molecule has 666 valence electrons. The molecule has 10 nitrogen and oxygen atoms in total. The lowest BCUT2D eigenvalue weighted by Crippen LogP contribution is -2.52. The molecule has 13 aliphatic rings. The summed E-state index contributed by atoms with van der Waals surface area (Å²) in [5, 5.41) is 53.4. The van der Waals surface area contributed by atoms with Crippen LogP contribution in [-0.2, 0) is 24.4 Å². The number of epoxide rings is 1. The van der Waals surface area contributed by atoms with Gasteiger partial charge in [-0.1, -0.05) is 233 Å². The SMILES string of the molecule is C.C.C.C.C.CC(C)(C)C1CO1.C[C@H](C(CC(O)C(C)(C)C)S(=O)(=O)c1ccccc1)[C@H]1CC[C@H]2[C@@H]3CC=C4C[C@@](C)(O)CC[C@]4(C)[C@H]3CC[C@]12C.C[C@H](CCC(O)C(C)(C)C)[C@H]1CC[C@H]2[C@@H]3CC=C4C[C@@](C)(O)CC[C@]4(C)[C@H]3CC[C@]12C.C[C@H](CS(=O)(=O)c1ccccc1)[C@H]1CC[C@H]2[C@@H]3CC=C4C[C@@](C)(O)CC[C@]4(C)[C@H]3CC[C@]12C. The first-order valence-corrected chi connectivity index (χ1v) is 48.4. The Bertz CT molecular complexity index is 3880. The van der Waals surface area contributed by atoms with Crippen LogP contribution in [0.4, 0.5) is 0 Å². The third-order valence-electron chi connectivity index (χ3n) is 35.7. The molecule has 2 aromatic rings. The van der Waals surface area contributed by atoms with E-state index >= 15 is 0 Å². The van der Waals surface area contributed by atoms with E-state index in [0.717, 1.165) is 127 Å². The summed E-state index contributed by atoms with van der Waals surface area (Å²) in [6.07, 6.45) is 36.7. The highest BCUT2D eigenvalue weighted by molar-refractivity contribution is 7.92. The molecule has 0 radical (unpaired) electrons. The number of aliphatic hydroxyl groups excluding tert-OH is 2. The molecule has 28 atom stereocenters. The highest BCUT2D eigenvalue weighted by atomic mass is 32.2. The van der Waals surface area contributed by atoms with Gasteiger partial charge in [-0.3, -0.25) is 0 Å². The van der Waals surface area contributed by atoms with E-state index in [0.29, 0.717) is 85.4 Å². The molecule has 9 saturated carbocycles. The van der Waals surface area contributed by atoms with Crippen LogP contribution in [0.1, 0.15) is 356 Å². The van der Waals surface area contributed by atoms with E-state index in [9.17, 15) is 42.4 Å². The third kappa shape index (κ3) is 19.7. The van der Waals surface area contributed by atoms with Gasteiger partial charge in [0.2, 0.25) is 0 Å². The molecule has 1 saturated heterocycles. The van der Waals surface area contributed by atoms with Gasteiger partial charge in [-0.25, -0.2) is 16.8 Å². The smallest absolute Gasteiger partial charge is 0.181 e. The second-order valence-corrected chi connectivity index (χ2v) is 50.3. The Labute approximate surface area is 713 Å². The van der Waals surface area contributed by atoms with Gasteiger partial charge in [-0.05, 0) is 356 Å². The van der Waals surface area contributed by atoms with Gasteiger partial charge < -0.3 is 30.3 Å². The highest BCUT2D eigenvalue weighted by Crippen LogP contribution is 2.72. The second-order valence-electron chi connectivity index (χ2n) is 46.1. The van der Waals surface area contributed by atoms with E-state index in [-0.39, 0.29) is 99.7 Å². The molecule has 1 aliphatic heterocycles. The average molecular weight is 1650 g/mol. The van der Waals surface area contributed by atoms with Crippen molar-refractivity contribution in [3.05, 3.63) is 95.6 Å². The number of fused-ring (bicyclic) bond motifs is 15. The Morgan fingerprint density at radius 1 is 0.422 bits per heavy atom. The number of hydrogen-bond acceptors (Lipinski definition) is 10. The van der Waals surface area contributed by atoms with E-state index in [1.807, 2.05) is 65.8 Å². The van der Waals surface area contributed by atoms with E-state index in [4.69, 9.17) is 4.74 Å². The van der Waals surface area contributed by atoms with Crippen LogP contribution < -0.4 is 0 Å². The van der Waals surface area contributed by atoms with E-state index in [1.165, 1.54) is 81.8 Å². The summed E-state index contributed by atoms with van der Waals surface area (Å²) in [4.78, 5) is 0.841. The summed E-state index contributed by atoms with van der Waals surface area (Å²) >= 11 is 0. The first-order chi connectivity index (χ1) is 51.4. The lowest BCUT2D eigenvalue weighted by atomic mass is 9.46. The Morgan fingerprint density at radius 2 is 0.759 bits per heavy atom. The zero-order valence-electron chi connectivity index (χ0n) is 73.6. The monoisotopic (exact) mass is 1650 g/mol. The standard InChI is InChI=1S/C35H54O4S.C29H42O3S.C29H50O2.C6H12O.5CH4/c1-23(30(21-31(36)32(2,3)4)40(38,39)25-11-9-8-10-12-25)27-15-16-28-26-14-13-24-22-33(5,37)19-20-34(24,6)29(26)17-18-35(27,28)7;1-20(19-33(31,32)22-8-6-5-7-9-22)24-12-13-25-23-11-10-21-18-27(2,30)16-17-28(21,3)26(23)14-15-29(24,25)4;1-19(8-13-25(30)26(2,3)4)22-11-12-23-21-10-9-20-18-27(5,31)16-17-28(20,6)24(21)14-15-29(22,23)7;1-6(2,3)5-4-7-5;;;;;/h8-13,23,26-31,36-37H,14-22H2,1-7H3;5-10,20,23-26,30H,11-19H2,1-4H3;9,19,21-25,30-31H,8,10-18H2,1-7H3;5H,4H2,1-3H3;5*1H4/t23-,26-,27+,28-,29-,30?,31?,33-,34-,35+;20-,23+,24-,25+,26+,27+,28+,29-;19-,21+,22-,23+,24+,25?,27+,28+,29-;;;;;;/m011....../s1. The summed E-state index contributed by atoms with van der Waals surface area (Å²) < 4.78 is 59.7. The molecular formula is C104H178O10S2. The predicted octanol–water partition coefficient (Wildman–Crippen LogP) is 25.8. The number of benzene rings is 2. The third-order valence-corrected chi connectivity index (χ3v) is 40.0. The van der Waals surface area contributed by atoms with Crippen molar-refractivity contribution in [2.45, 2.75) is 406 Å². The Balaban J connectivity index is 0.000000227. The normalized spacial score (nSPS) is 40.7. The first kappa shape index (κ1) is 100. The molecule has 1 heterocycles. The number of aliphatic hydroxyl groups is 5. The molecule has 2 aromatic carbocycles. The van der Waals surface area contributed by atoms with Crippen molar-refractivity contribution in [2.24, 2.45) is 138 Å². The summed E-state index contributed by atoms with van der Waals surface area (Å²) in [7, 11) is -6.87. The van der Waals surface area contributed by atoms with Crippen LogP contribution >= 0.6 is 0 Å². The fourth-order valence-electron chi connectivity index (χ4n) is 28.3. The number of rotatable bonds is 14. The molecule has 0 aromatic heterocycles. The summed E-state index contributed by atoms with van der Waals surface area (Å²) in [6.45, 7) is 48.0. The molecule has 15 rings (SSSR count). The topological polar surface area (TPSA) is 182 Å². The van der Waals surface area contributed by atoms with Crippen molar-refractivity contribution >= 4 is 19.7 Å². The van der Waals surface area contributed by atoms with Crippen LogP contribution in [0.5, 0.6) is 0 Å². The van der Waals surface area contributed by atoms with Crippen molar-refractivity contribution in [3.63, 3.8) is 0 Å². The zero-order chi connectivity index (χ0) is 81.3. The molecule has 0 spiro atoms. The Hall–Kier alpha value is -2.68. The molecule has 0 amide bonds. The van der Waals surface area contributed by atoms with E-state index < -0.39 is 47.8 Å². The molecule has 5 N–H and O–H groups in total. The van der Waals surface area contributed by atoms with Gasteiger partial charge in [0.15, 0.2) is 19.7 Å². The second kappa shape index (κ2) is 36.1. The largest absolute Gasteiger partial charge is 0.393 e. The molecule has 12 aliphatic carbocycles.